The molecule has 2 unspecified atom stereocenters. The number of urea groups is 1. The highest BCUT2D eigenvalue weighted by molar-refractivity contribution is 7.92. The third-order valence-electron chi connectivity index (χ3n) is 4.51. The molecule has 2 saturated heterocycles. The number of hydrogen-bond acceptors (Lipinski definition) is 5. The summed E-state index contributed by atoms with van der Waals surface area (Å²) in [6.07, 6.45) is 0.776. The second-order valence-electron chi connectivity index (χ2n) is 6.73. The first kappa shape index (κ1) is 16.5. The molecule has 2 atom stereocenters. The van der Waals surface area contributed by atoms with Crippen LogP contribution >= 0.6 is 0 Å². The Balaban J connectivity index is 2.08. The molecule has 1 N–H and O–H groups in total. The molecule has 0 saturated carbocycles. The summed E-state index contributed by atoms with van der Waals surface area (Å²) in [5, 5.41) is 2.75. The number of carbonyl (C=O) groups excluding carboxylic acids is 1. The Labute approximate surface area is 125 Å². The quantitative estimate of drug-likeness (QED) is 0.750. The summed E-state index contributed by atoms with van der Waals surface area (Å²) in [5.74, 6) is 0.0133. The van der Waals surface area contributed by atoms with E-state index in [2.05, 4.69) is 5.32 Å². The van der Waals surface area contributed by atoms with Gasteiger partial charge in [0.05, 0.1) is 34.1 Å². The number of rotatable bonds is 2. The molecule has 21 heavy (non-hydrogen) atoms. The summed E-state index contributed by atoms with van der Waals surface area (Å²) >= 11 is 0. The van der Waals surface area contributed by atoms with Gasteiger partial charge < -0.3 is 10.2 Å². The van der Waals surface area contributed by atoms with Gasteiger partial charge in [-0.15, -0.1) is 0 Å². The van der Waals surface area contributed by atoms with Crippen LogP contribution in [0.4, 0.5) is 4.79 Å². The Hall–Kier alpha value is -0.830. The molecule has 0 aliphatic carbocycles. The third kappa shape index (κ3) is 3.50. The molecule has 2 amide bonds. The van der Waals surface area contributed by atoms with Crippen molar-refractivity contribution in [1.82, 2.24) is 10.2 Å². The van der Waals surface area contributed by atoms with Crippen LogP contribution in [0.1, 0.15) is 26.7 Å². The van der Waals surface area contributed by atoms with Crippen molar-refractivity contribution in [3.8, 4) is 0 Å². The Morgan fingerprint density at radius 2 is 1.52 bits per heavy atom. The highest BCUT2D eigenvalue weighted by Gasteiger charge is 2.45. The van der Waals surface area contributed by atoms with Crippen molar-refractivity contribution < 1.29 is 21.6 Å². The van der Waals surface area contributed by atoms with E-state index >= 15 is 0 Å². The normalized spacial score (nSPS) is 37.3. The van der Waals surface area contributed by atoms with Crippen LogP contribution in [-0.2, 0) is 19.7 Å². The van der Waals surface area contributed by atoms with Gasteiger partial charge in [-0.3, -0.25) is 0 Å². The second-order valence-corrected chi connectivity index (χ2v) is 11.1. The summed E-state index contributed by atoms with van der Waals surface area (Å²) in [6, 6.07) is -0.422. The second kappa shape index (κ2) is 4.84. The van der Waals surface area contributed by atoms with E-state index in [1.165, 1.54) is 4.90 Å². The van der Waals surface area contributed by atoms with Crippen molar-refractivity contribution in [2.24, 2.45) is 0 Å². The highest BCUT2D eigenvalue weighted by Crippen LogP contribution is 2.29. The van der Waals surface area contributed by atoms with Crippen molar-refractivity contribution in [3.63, 3.8) is 0 Å². The zero-order valence-corrected chi connectivity index (χ0v) is 14.2. The van der Waals surface area contributed by atoms with Gasteiger partial charge >= 0.3 is 6.03 Å². The molecule has 2 heterocycles. The van der Waals surface area contributed by atoms with Gasteiger partial charge in [-0.25, -0.2) is 21.6 Å². The van der Waals surface area contributed by atoms with Gasteiger partial charge in [0.2, 0.25) is 0 Å². The molecule has 0 aromatic heterocycles. The van der Waals surface area contributed by atoms with Crippen LogP contribution in [0.15, 0.2) is 0 Å². The van der Waals surface area contributed by atoms with Gasteiger partial charge in [0.25, 0.3) is 0 Å². The van der Waals surface area contributed by atoms with Crippen molar-refractivity contribution in [2.45, 2.75) is 37.8 Å². The smallest absolute Gasteiger partial charge is 0.318 e. The van der Waals surface area contributed by atoms with Gasteiger partial charge in [-0.2, -0.15) is 0 Å². The number of nitrogens with zero attached hydrogens (tertiary/aromatic N) is 1. The van der Waals surface area contributed by atoms with E-state index in [-0.39, 0.29) is 23.0 Å². The molecule has 2 rings (SSSR count). The fourth-order valence-electron chi connectivity index (χ4n) is 2.95. The molecule has 2 aliphatic heterocycles. The molecule has 2 fully saturated rings. The highest BCUT2D eigenvalue weighted by atomic mass is 32.2. The maximum atomic E-state index is 12.3. The third-order valence-corrected chi connectivity index (χ3v) is 8.30. The SMILES string of the molecule is CN(C(=O)NC1(C)CCS(=O)(=O)C1)C1(C)CCS(=O)(=O)C1. The Bertz CT molecular complexity index is 657. The standard InChI is InChI=1S/C12H22N2O5S2/c1-11(4-6-20(16,17)8-11)13-10(15)14(3)12(2)5-7-21(18,19)9-12/h4-9H2,1-3H3,(H,13,15). The molecule has 0 bridgehead atoms. The Morgan fingerprint density at radius 3 is 1.95 bits per heavy atom. The number of nitrogens with one attached hydrogen (secondary N) is 1. The minimum absolute atomic E-state index is 0.0566. The Kier molecular flexibility index (Phi) is 3.81. The van der Waals surface area contributed by atoms with Gasteiger partial charge in [-0.05, 0) is 26.7 Å². The molecule has 9 heteroatoms. The number of carbonyl (C=O) groups is 1. The first-order valence-corrected chi connectivity index (χ1v) is 10.5. The van der Waals surface area contributed by atoms with Gasteiger partial charge in [0, 0.05) is 7.05 Å². The predicted molar refractivity (Wildman–Crippen MR) is 79.6 cm³/mol. The van der Waals surface area contributed by atoms with Crippen LogP contribution in [0.3, 0.4) is 0 Å². The zero-order valence-electron chi connectivity index (χ0n) is 12.5. The molecule has 0 spiro atoms. The lowest BCUT2D eigenvalue weighted by Gasteiger charge is -2.37. The monoisotopic (exact) mass is 338 g/mol. The van der Waals surface area contributed by atoms with E-state index in [0.717, 1.165) is 0 Å². The van der Waals surface area contributed by atoms with Gasteiger partial charge in [-0.1, -0.05) is 0 Å². The summed E-state index contributed by atoms with van der Waals surface area (Å²) < 4.78 is 46.4. The van der Waals surface area contributed by atoms with Crippen molar-refractivity contribution in [2.75, 3.05) is 30.1 Å². The fraction of sp³-hybridized carbons (Fsp3) is 0.917. The molecule has 2 aliphatic rings. The molecule has 0 aromatic carbocycles. The van der Waals surface area contributed by atoms with E-state index in [1.807, 2.05) is 0 Å². The fourth-order valence-corrected chi connectivity index (χ4v) is 7.23. The van der Waals surface area contributed by atoms with Gasteiger partial charge in [0.1, 0.15) is 0 Å². The summed E-state index contributed by atoms with van der Waals surface area (Å²) in [6.45, 7) is 3.45. The van der Waals surface area contributed by atoms with Crippen LogP contribution in [0.5, 0.6) is 0 Å². The predicted octanol–water partition coefficient (Wildman–Crippen LogP) is -0.218. The van der Waals surface area contributed by atoms with E-state index < -0.39 is 36.8 Å². The van der Waals surface area contributed by atoms with E-state index in [4.69, 9.17) is 0 Å². The molecular weight excluding hydrogens is 316 g/mol. The molecular formula is C12H22N2O5S2. The molecule has 7 nitrogen and oxygen atoms in total. The van der Waals surface area contributed by atoms with Crippen molar-refractivity contribution in [3.05, 3.63) is 0 Å². The van der Waals surface area contributed by atoms with E-state index in [0.29, 0.717) is 12.8 Å². The van der Waals surface area contributed by atoms with E-state index in [9.17, 15) is 21.6 Å². The summed E-state index contributed by atoms with van der Waals surface area (Å²) in [5.41, 5.74) is -1.52. The van der Waals surface area contributed by atoms with Crippen LogP contribution in [0, 0.1) is 0 Å². The summed E-state index contributed by atoms with van der Waals surface area (Å²) in [4.78, 5) is 13.7. The Morgan fingerprint density at radius 1 is 1.00 bits per heavy atom. The maximum absolute atomic E-state index is 12.3. The molecule has 0 radical (unpaired) electrons. The zero-order chi connectivity index (χ0) is 16.1. The lowest BCUT2D eigenvalue weighted by atomic mass is 9.99. The summed E-state index contributed by atoms with van der Waals surface area (Å²) in [7, 11) is -4.66. The van der Waals surface area contributed by atoms with Crippen LogP contribution in [-0.4, -0.2) is 68.9 Å². The number of sulfone groups is 2. The minimum atomic E-state index is -3.11. The van der Waals surface area contributed by atoms with E-state index in [1.54, 1.807) is 20.9 Å². The molecule has 0 aromatic rings. The van der Waals surface area contributed by atoms with Crippen molar-refractivity contribution in [1.29, 1.82) is 0 Å². The molecule has 122 valence electrons. The lowest BCUT2D eigenvalue weighted by molar-refractivity contribution is 0.151. The number of hydrogen-bond donors (Lipinski definition) is 1. The minimum Gasteiger partial charge on any atom is -0.332 e. The first-order chi connectivity index (χ1) is 9.37. The average molecular weight is 338 g/mol. The lowest BCUT2D eigenvalue weighted by Crippen LogP contribution is -2.57. The van der Waals surface area contributed by atoms with Crippen LogP contribution in [0.2, 0.25) is 0 Å². The van der Waals surface area contributed by atoms with Crippen LogP contribution in [0.25, 0.3) is 0 Å². The van der Waals surface area contributed by atoms with Crippen LogP contribution < -0.4 is 5.32 Å². The van der Waals surface area contributed by atoms with Gasteiger partial charge in [0.15, 0.2) is 19.7 Å². The number of amides is 2. The topological polar surface area (TPSA) is 101 Å². The average Bonchev–Trinajstić information content (AvgIpc) is 2.75. The maximum Gasteiger partial charge on any atom is 0.318 e. The first-order valence-electron chi connectivity index (χ1n) is 6.83. The van der Waals surface area contributed by atoms with Crippen molar-refractivity contribution >= 4 is 25.7 Å². The largest absolute Gasteiger partial charge is 0.332 e.